The number of hydrogen-bond donors (Lipinski definition) is 1. The third-order valence-corrected chi connectivity index (χ3v) is 3.93. The van der Waals surface area contributed by atoms with Gasteiger partial charge in [-0.2, -0.15) is 13.2 Å². The Bertz CT molecular complexity index is 807. The summed E-state index contributed by atoms with van der Waals surface area (Å²) in [5.74, 6) is -0.984. The number of nitrogens with one attached hydrogen (secondary N) is 1. The second-order valence-electron chi connectivity index (χ2n) is 5.87. The number of carbonyl (C=O) groups excluding carboxylic acids is 2. The minimum atomic E-state index is -4.47. The van der Waals surface area contributed by atoms with Gasteiger partial charge in [0.2, 0.25) is 5.91 Å². The molecule has 27 heavy (non-hydrogen) atoms. The zero-order valence-electron chi connectivity index (χ0n) is 14.3. The predicted molar refractivity (Wildman–Crippen MR) is 93.9 cm³/mol. The highest BCUT2D eigenvalue weighted by Crippen LogP contribution is 2.29. The molecule has 1 N–H and O–H groups in total. The first-order chi connectivity index (χ1) is 12.6. The Balaban J connectivity index is 2.01. The number of ether oxygens (including phenoxy) is 1. The molecule has 0 aromatic heterocycles. The van der Waals surface area contributed by atoms with Crippen molar-refractivity contribution in [1.29, 1.82) is 0 Å². The number of esters is 1. The first-order valence-electron chi connectivity index (χ1n) is 7.99. The van der Waals surface area contributed by atoms with Crippen LogP contribution in [0.25, 0.3) is 0 Å². The van der Waals surface area contributed by atoms with Crippen LogP contribution >= 0.6 is 11.6 Å². The van der Waals surface area contributed by atoms with Crippen LogP contribution in [0.1, 0.15) is 36.1 Å². The third-order valence-electron chi connectivity index (χ3n) is 3.67. The van der Waals surface area contributed by atoms with E-state index in [0.717, 1.165) is 12.1 Å². The minimum Gasteiger partial charge on any atom is -0.461 e. The molecule has 4 nitrogen and oxygen atoms in total. The molecule has 0 aliphatic carbocycles. The second-order valence-corrected chi connectivity index (χ2v) is 6.30. The molecule has 2 aromatic rings. The Kier molecular flexibility index (Phi) is 6.85. The normalized spacial score (nSPS) is 12.3. The lowest BCUT2D eigenvalue weighted by Crippen LogP contribution is -2.28. The molecular weight excluding hydrogens is 383 g/mol. The van der Waals surface area contributed by atoms with Gasteiger partial charge in [-0.3, -0.25) is 9.59 Å². The number of hydrogen-bond acceptors (Lipinski definition) is 3. The van der Waals surface area contributed by atoms with E-state index in [-0.39, 0.29) is 24.5 Å². The lowest BCUT2D eigenvalue weighted by atomic mass is 10.0. The molecule has 0 heterocycles. The molecule has 2 rings (SSSR count). The molecule has 0 bridgehead atoms. The number of amides is 1. The van der Waals surface area contributed by atoms with E-state index in [4.69, 9.17) is 16.3 Å². The van der Waals surface area contributed by atoms with E-state index >= 15 is 0 Å². The van der Waals surface area contributed by atoms with Gasteiger partial charge in [-0.1, -0.05) is 35.9 Å². The van der Waals surface area contributed by atoms with Crippen molar-refractivity contribution in [2.75, 3.05) is 0 Å². The van der Waals surface area contributed by atoms with Crippen LogP contribution in [0, 0.1) is 0 Å². The van der Waals surface area contributed by atoms with Gasteiger partial charge in [-0.25, -0.2) is 0 Å². The van der Waals surface area contributed by atoms with Crippen LogP contribution in [0.3, 0.4) is 0 Å². The fourth-order valence-electron chi connectivity index (χ4n) is 2.42. The van der Waals surface area contributed by atoms with Crippen molar-refractivity contribution in [3.63, 3.8) is 0 Å². The molecule has 1 unspecified atom stereocenters. The average molecular weight is 400 g/mol. The van der Waals surface area contributed by atoms with Crippen molar-refractivity contribution >= 4 is 23.5 Å². The fraction of sp³-hybridized carbons (Fsp3) is 0.263. The van der Waals surface area contributed by atoms with Gasteiger partial charge in [0.05, 0.1) is 18.0 Å². The Labute approximate surface area is 159 Å². The van der Waals surface area contributed by atoms with Gasteiger partial charge in [-0.05, 0) is 35.4 Å². The van der Waals surface area contributed by atoms with E-state index in [1.807, 2.05) is 0 Å². The van der Waals surface area contributed by atoms with Crippen LogP contribution in [-0.4, -0.2) is 11.9 Å². The third kappa shape index (κ3) is 6.60. The Morgan fingerprint density at radius 1 is 1.15 bits per heavy atom. The topological polar surface area (TPSA) is 55.4 Å². The van der Waals surface area contributed by atoms with Crippen molar-refractivity contribution < 1.29 is 27.5 Å². The summed E-state index contributed by atoms with van der Waals surface area (Å²) in [6.45, 7) is 1.02. The van der Waals surface area contributed by atoms with Crippen molar-refractivity contribution in [3.8, 4) is 0 Å². The zero-order chi connectivity index (χ0) is 20.0. The highest BCUT2D eigenvalue weighted by atomic mass is 35.5. The van der Waals surface area contributed by atoms with Gasteiger partial charge in [0.15, 0.2) is 0 Å². The minimum absolute atomic E-state index is 0.166. The second kappa shape index (κ2) is 8.90. The summed E-state index contributed by atoms with van der Waals surface area (Å²) < 4.78 is 43.2. The highest BCUT2D eigenvalue weighted by Gasteiger charge is 2.30. The van der Waals surface area contributed by atoms with Gasteiger partial charge in [-0.15, -0.1) is 0 Å². The highest BCUT2D eigenvalue weighted by molar-refractivity contribution is 6.30. The summed E-state index contributed by atoms with van der Waals surface area (Å²) in [6, 6.07) is 10.5. The number of carbonyl (C=O) groups is 2. The summed E-state index contributed by atoms with van der Waals surface area (Å²) in [5.41, 5.74) is 0.0692. The molecule has 0 aliphatic rings. The Morgan fingerprint density at radius 2 is 1.81 bits per heavy atom. The van der Waals surface area contributed by atoms with Crippen LogP contribution < -0.4 is 5.32 Å². The van der Waals surface area contributed by atoms with Crippen LogP contribution in [0.4, 0.5) is 13.2 Å². The molecule has 0 aliphatic heterocycles. The molecule has 2 aromatic carbocycles. The largest absolute Gasteiger partial charge is 0.461 e. The van der Waals surface area contributed by atoms with E-state index in [1.165, 1.54) is 19.1 Å². The van der Waals surface area contributed by atoms with Crippen LogP contribution in [0.15, 0.2) is 48.5 Å². The van der Waals surface area contributed by atoms with Gasteiger partial charge < -0.3 is 10.1 Å². The molecule has 0 saturated heterocycles. The van der Waals surface area contributed by atoms with Gasteiger partial charge in [0.1, 0.15) is 6.61 Å². The van der Waals surface area contributed by atoms with E-state index in [1.54, 1.807) is 24.3 Å². The summed E-state index contributed by atoms with van der Waals surface area (Å²) >= 11 is 5.83. The standard InChI is InChI=1S/C19H17ClF3NO3/c1-12(25)24-17(14-5-7-16(20)8-6-14)10-18(26)27-11-13-3-2-4-15(9-13)19(21,22)23/h2-9,17H,10-11H2,1H3,(H,24,25). The Morgan fingerprint density at radius 3 is 2.41 bits per heavy atom. The molecular formula is C19H17ClF3NO3. The van der Waals surface area contributed by atoms with Crippen molar-refractivity contribution in [1.82, 2.24) is 5.32 Å². The molecule has 144 valence electrons. The van der Waals surface area contributed by atoms with Crippen molar-refractivity contribution in [2.45, 2.75) is 32.2 Å². The van der Waals surface area contributed by atoms with Crippen LogP contribution in [0.2, 0.25) is 5.02 Å². The SMILES string of the molecule is CC(=O)NC(CC(=O)OCc1cccc(C(F)(F)F)c1)c1ccc(Cl)cc1. The monoisotopic (exact) mass is 399 g/mol. The van der Waals surface area contributed by atoms with Gasteiger partial charge >= 0.3 is 12.1 Å². The van der Waals surface area contributed by atoms with E-state index in [0.29, 0.717) is 10.6 Å². The quantitative estimate of drug-likeness (QED) is 0.718. The number of benzene rings is 2. The summed E-state index contributed by atoms with van der Waals surface area (Å²) in [5, 5.41) is 3.15. The Hall–Kier alpha value is -2.54. The first kappa shape index (κ1) is 20.8. The number of rotatable bonds is 6. The fourth-order valence-corrected chi connectivity index (χ4v) is 2.55. The molecule has 0 saturated carbocycles. The van der Waals surface area contributed by atoms with E-state index in [9.17, 15) is 22.8 Å². The predicted octanol–water partition coefficient (Wildman–Crippen LogP) is 4.67. The summed E-state index contributed by atoms with van der Waals surface area (Å²) in [4.78, 5) is 23.5. The smallest absolute Gasteiger partial charge is 0.416 e. The van der Waals surface area contributed by atoms with Gasteiger partial charge in [0.25, 0.3) is 0 Å². The molecule has 0 radical (unpaired) electrons. The maximum atomic E-state index is 12.7. The molecule has 8 heteroatoms. The lowest BCUT2D eigenvalue weighted by Gasteiger charge is -2.18. The number of halogens is 4. The maximum Gasteiger partial charge on any atom is 0.416 e. The van der Waals surface area contributed by atoms with Crippen molar-refractivity contribution in [3.05, 3.63) is 70.2 Å². The summed E-state index contributed by atoms with van der Waals surface area (Å²) in [7, 11) is 0. The maximum absolute atomic E-state index is 12.7. The average Bonchev–Trinajstić information content (AvgIpc) is 2.59. The lowest BCUT2D eigenvalue weighted by molar-refractivity contribution is -0.145. The van der Waals surface area contributed by atoms with Crippen LogP contribution in [-0.2, 0) is 27.1 Å². The number of alkyl halides is 3. The van der Waals surface area contributed by atoms with E-state index < -0.39 is 23.8 Å². The van der Waals surface area contributed by atoms with Gasteiger partial charge in [0, 0.05) is 11.9 Å². The first-order valence-corrected chi connectivity index (χ1v) is 8.37. The van der Waals surface area contributed by atoms with Crippen LogP contribution in [0.5, 0.6) is 0 Å². The molecule has 1 atom stereocenters. The summed E-state index contributed by atoms with van der Waals surface area (Å²) in [6.07, 6.45) is -4.63. The van der Waals surface area contributed by atoms with E-state index in [2.05, 4.69) is 5.32 Å². The molecule has 0 fully saturated rings. The zero-order valence-corrected chi connectivity index (χ0v) is 15.1. The van der Waals surface area contributed by atoms with Crippen molar-refractivity contribution in [2.24, 2.45) is 0 Å². The molecule has 1 amide bonds. The molecule has 0 spiro atoms.